The molecule has 1 saturated heterocycles. The van der Waals surface area contributed by atoms with Crippen molar-refractivity contribution in [1.29, 1.82) is 0 Å². The van der Waals surface area contributed by atoms with Gasteiger partial charge < -0.3 is 9.80 Å². The van der Waals surface area contributed by atoms with Crippen LogP contribution in [0.3, 0.4) is 0 Å². The van der Waals surface area contributed by atoms with Crippen LogP contribution in [0, 0.1) is 0 Å². The fraction of sp³-hybridized carbons (Fsp3) is 0.353. The summed E-state index contributed by atoms with van der Waals surface area (Å²) in [6.45, 7) is 4.39. The number of rotatable bonds is 3. The van der Waals surface area contributed by atoms with E-state index in [0.717, 1.165) is 30.2 Å². The van der Waals surface area contributed by atoms with E-state index in [0.29, 0.717) is 6.54 Å². The van der Waals surface area contributed by atoms with E-state index in [2.05, 4.69) is 33.9 Å². The number of hydrogen-bond acceptors (Lipinski definition) is 4. The van der Waals surface area contributed by atoms with Crippen LogP contribution >= 0.6 is 11.6 Å². The summed E-state index contributed by atoms with van der Waals surface area (Å²) < 4.78 is 0. The minimum absolute atomic E-state index is 0.00962. The number of carbonyl (C=O) groups excluding carboxylic acids is 1. The first-order valence-electron chi connectivity index (χ1n) is 7.67. The first-order chi connectivity index (χ1) is 11.2. The van der Waals surface area contributed by atoms with Crippen molar-refractivity contribution in [3.05, 3.63) is 42.7 Å². The Morgan fingerprint density at radius 2 is 1.91 bits per heavy atom. The van der Waals surface area contributed by atoms with Gasteiger partial charge in [-0.2, -0.15) is 0 Å². The molecule has 1 aromatic carbocycles. The molecular weight excluding hydrogens is 312 g/mol. The lowest BCUT2D eigenvalue weighted by Crippen LogP contribution is -2.54. The summed E-state index contributed by atoms with van der Waals surface area (Å²) in [5, 5.41) is 0. The average molecular weight is 331 g/mol. The Labute approximate surface area is 140 Å². The highest BCUT2D eigenvalue weighted by Crippen LogP contribution is 2.23. The number of piperazine rings is 1. The molecule has 2 aromatic rings. The van der Waals surface area contributed by atoms with E-state index in [1.165, 1.54) is 0 Å². The van der Waals surface area contributed by atoms with Gasteiger partial charge in [-0.3, -0.25) is 4.79 Å². The maximum atomic E-state index is 11.8. The third-order valence-electron chi connectivity index (χ3n) is 4.12. The summed E-state index contributed by atoms with van der Waals surface area (Å²) in [6.07, 6.45) is 3.48. The molecule has 1 fully saturated rings. The molecule has 2 heterocycles. The number of aromatic nitrogens is 2. The molecule has 0 spiro atoms. The molecule has 120 valence electrons. The van der Waals surface area contributed by atoms with E-state index >= 15 is 0 Å². The molecule has 5 nitrogen and oxygen atoms in total. The predicted molar refractivity (Wildman–Crippen MR) is 91.6 cm³/mol. The van der Waals surface area contributed by atoms with Crippen molar-refractivity contribution in [2.24, 2.45) is 0 Å². The number of halogens is 1. The fourth-order valence-corrected chi connectivity index (χ4v) is 3.06. The van der Waals surface area contributed by atoms with Gasteiger partial charge in [0, 0.05) is 49.3 Å². The van der Waals surface area contributed by atoms with Crippen molar-refractivity contribution in [2.75, 3.05) is 30.4 Å². The van der Waals surface area contributed by atoms with Crippen molar-refractivity contribution < 1.29 is 4.79 Å². The standard InChI is InChI=1S/C17H19ClN4O/c1-13-12-21(9-10-22(13)16(23)11-18)15-5-3-14(4-6-15)17-19-7-2-8-20-17/h2-8,13H,9-12H2,1H3. The Morgan fingerprint density at radius 1 is 1.22 bits per heavy atom. The van der Waals surface area contributed by atoms with Crippen LogP contribution in [0.15, 0.2) is 42.7 Å². The Bertz CT molecular complexity index is 662. The van der Waals surface area contributed by atoms with Gasteiger partial charge in [-0.1, -0.05) is 0 Å². The van der Waals surface area contributed by atoms with Gasteiger partial charge in [-0.05, 0) is 37.3 Å². The zero-order valence-corrected chi connectivity index (χ0v) is 13.8. The van der Waals surface area contributed by atoms with Crippen molar-refractivity contribution in [3.8, 4) is 11.4 Å². The minimum atomic E-state index is 0.00962. The molecule has 0 N–H and O–H groups in total. The molecule has 3 rings (SSSR count). The monoisotopic (exact) mass is 330 g/mol. The van der Waals surface area contributed by atoms with Gasteiger partial charge in [0.15, 0.2) is 5.82 Å². The summed E-state index contributed by atoms with van der Waals surface area (Å²) in [6, 6.07) is 10.2. The quantitative estimate of drug-likeness (QED) is 0.811. The van der Waals surface area contributed by atoms with Crippen molar-refractivity contribution in [2.45, 2.75) is 13.0 Å². The molecule has 0 saturated carbocycles. The smallest absolute Gasteiger partial charge is 0.237 e. The second-order valence-electron chi connectivity index (χ2n) is 5.64. The number of benzene rings is 1. The Morgan fingerprint density at radius 3 is 2.52 bits per heavy atom. The summed E-state index contributed by atoms with van der Waals surface area (Å²) >= 11 is 5.66. The van der Waals surface area contributed by atoms with Gasteiger partial charge in [0.05, 0.1) is 0 Å². The molecule has 0 aliphatic carbocycles. The van der Waals surface area contributed by atoms with Crippen LogP contribution in [-0.4, -0.2) is 52.3 Å². The maximum absolute atomic E-state index is 11.8. The van der Waals surface area contributed by atoms with Gasteiger partial charge in [0.1, 0.15) is 5.88 Å². The minimum Gasteiger partial charge on any atom is -0.368 e. The fourth-order valence-electron chi connectivity index (χ4n) is 2.91. The summed E-state index contributed by atoms with van der Waals surface area (Å²) in [7, 11) is 0. The van der Waals surface area contributed by atoms with Crippen molar-refractivity contribution in [1.82, 2.24) is 14.9 Å². The van der Waals surface area contributed by atoms with Crippen molar-refractivity contribution in [3.63, 3.8) is 0 Å². The molecule has 0 radical (unpaired) electrons. The first-order valence-corrected chi connectivity index (χ1v) is 8.20. The molecule has 6 heteroatoms. The average Bonchev–Trinajstić information content (AvgIpc) is 2.62. The van der Waals surface area contributed by atoms with E-state index in [-0.39, 0.29) is 17.8 Å². The molecule has 1 aromatic heterocycles. The van der Waals surface area contributed by atoms with Crippen LogP contribution in [-0.2, 0) is 4.79 Å². The highest BCUT2D eigenvalue weighted by Gasteiger charge is 2.26. The third-order valence-corrected chi connectivity index (χ3v) is 4.35. The number of carbonyl (C=O) groups is 1. The number of amides is 1. The van der Waals surface area contributed by atoms with Crippen LogP contribution in [0.2, 0.25) is 0 Å². The molecule has 1 atom stereocenters. The van der Waals surface area contributed by atoms with E-state index in [1.54, 1.807) is 18.5 Å². The van der Waals surface area contributed by atoms with Gasteiger partial charge in [0.25, 0.3) is 0 Å². The largest absolute Gasteiger partial charge is 0.368 e. The van der Waals surface area contributed by atoms with Gasteiger partial charge in [-0.25, -0.2) is 9.97 Å². The number of nitrogens with zero attached hydrogens (tertiary/aromatic N) is 4. The van der Waals surface area contributed by atoms with Gasteiger partial charge in [0.2, 0.25) is 5.91 Å². The molecular formula is C17H19ClN4O. The van der Waals surface area contributed by atoms with E-state index in [9.17, 15) is 4.79 Å². The lowest BCUT2D eigenvalue weighted by atomic mass is 10.1. The van der Waals surface area contributed by atoms with E-state index < -0.39 is 0 Å². The highest BCUT2D eigenvalue weighted by molar-refractivity contribution is 6.27. The van der Waals surface area contributed by atoms with Gasteiger partial charge in [-0.15, -0.1) is 11.6 Å². The normalized spacial score (nSPS) is 18.1. The lowest BCUT2D eigenvalue weighted by molar-refractivity contribution is -0.130. The number of alkyl halides is 1. The molecule has 1 amide bonds. The number of anilines is 1. The maximum Gasteiger partial charge on any atom is 0.237 e. The predicted octanol–water partition coefficient (Wildman–Crippen LogP) is 2.42. The van der Waals surface area contributed by atoms with Crippen LogP contribution < -0.4 is 4.90 Å². The summed E-state index contributed by atoms with van der Waals surface area (Å²) in [5.41, 5.74) is 2.15. The zero-order valence-electron chi connectivity index (χ0n) is 13.0. The Kier molecular flexibility index (Phi) is 4.76. The summed E-state index contributed by atoms with van der Waals surface area (Å²) in [5.74, 6) is 0.788. The summed E-state index contributed by atoms with van der Waals surface area (Å²) in [4.78, 5) is 24.5. The third kappa shape index (κ3) is 3.45. The van der Waals surface area contributed by atoms with Crippen LogP contribution in [0.25, 0.3) is 11.4 Å². The van der Waals surface area contributed by atoms with Crippen LogP contribution in [0.1, 0.15) is 6.92 Å². The van der Waals surface area contributed by atoms with E-state index in [1.807, 2.05) is 17.0 Å². The molecule has 1 aliphatic rings. The van der Waals surface area contributed by atoms with Crippen LogP contribution in [0.4, 0.5) is 5.69 Å². The van der Waals surface area contributed by atoms with E-state index in [4.69, 9.17) is 11.6 Å². The Hall–Kier alpha value is -2.14. The molecule has 23 heavy (non-hydrogen) atoms. The van der Waals surface area contributed by atoms with Crippen LogP contribution in [0.5, 0.6) is 0 Å². The highest BCUT2D eigenvalue weighted by atomic mass is 35.5. The van der Waals surface area contributed by atoms with Gasteiger partial charge >= 0.3 is 0 Å². The molecule has 1 unspecified atom stereocenters. The lowest BCUT2D eigenvalue weighted by Gasteiger charge is -2.40. The second kappa shape index (κ2) is 6.96. The Balaban J connectivity index is 1.70. The first kappa shape index (κ1) is 15.7. The second-order valence-corrected chi connectivity index (χ2v) is 5.90. The SMILES string of the molecule is CC1CN(c2ccc(-c3ncccn3)cc2)CCN1C(=O)CCl. The van der Waals surface area contributed by atoms with Crippen molar-refractivity contribution >= 4 is 23.2 Å². The zero-order chi connectivity index (χ0) is 16.2. The molecule has 0 bridgehead atoms. The molecule has 1 aliphatic heterocycles. The number of hydrogen-bond donors (Lipinski definition) is 0. The topological polar surface area (TPSA) is 49.3 Å².